The molecule has 21 heavy (non-hydrogen) atoms. The van der Waals surface area contributed by atoms with Gasteiger partial charge in [-0.25, -0.2) is 9.38 Å². The molecule has 0 radical (unpaired) electrons. The van der Waals surface area contributed by atoms with E-state index in [-0.39, 0.29) is 17.9 Å². The van der Waals surface area contributed by atoms with Gasteiger partial charge < -0.3 is 10.6 Å². The van der Waals surface area contributed by atoms with Gasteiger partial charge in [0.05, 0.1) is 18.6 Å². The molecule has 1 heterocycles. The third kappa shape index (κ3) is 3.21. The highest BCUT2D eigenvalue weighted by atomic mass is 19.1. The van der Waals surface area contributed by atoms with Gasteiger partial charge in [0.25, 0.3) is 0 Å². The van der Waals surface area contributed by atoms with E-state index in [1.807, 2.05) is 24.3 Å². The topological polar surface area (TPSA) is 36.4 Å². The third-order valence-electron chi connectivity index (χ3n) is 3.62. The fraction of sp³-hybridized carbons (Fsp3) is 0.235. The van der Waals surface area contributed by atoms with Crippen molar-refractivity contribution >= 4 is 5.96 Å². The Morgan fingerprint density at radius 1 is 1.05 bits per heavy atom. The Morgan fingerprint density at radius 2 is 1.86 bits per heavy atom. The van der Waals surface area contributed by atoms with Crippen LogP contribution >= 0.6 is 0 Å². The molecule has 3 rings (SSSR count). The molecule has 0 unspecified atom stereocenters. The highest BCUT2D eigenvalue weighted by Gasteiger charge is 2.27. The average molecular weight is 283 g/mol. The predicted molar refractivity (Wildman–Crippen MR) is 82.5 cm³/mol. The van der Waals surface area contributed by atoms with E-state index in [4.69, 9.17) is 0 Å². The second kappa shape index (κ2) is 5.95. The van der Waals surface area contributed by atoms with Gasteiger partial charge in [-0.1, -0.05) is 42.5 Å². The predicted octanol–water partition coefficient (Wildman–Crippen LogP) is 3.00. The maximum absolute atomic E-state index is 13.1. The summed E-state index contributed by atoms with van der Waals surface area (Å²) in [7, 11) is 0. The van der Waals surface area contributed by atoms with Crippen LogP contribution in [0.3, 0.4) is 0 Å². The number of halogens is 1. The summed E-state index contributed by atoms with van der Waals surface area (Å²) in [6, 6.07) is 17.3. The number of hydrogen-bond acceptors (Lipinski definition) is 1. The van der Waals surface area contributed by atoms with Gasteiger partial charge in [-0.05, 0) is 30.2 Å². The fourth-order valence-electron chi connectivity index (χ4n) is 2.54. The Balaban J connectivity index is 1.69. The molecule has 4 heteroatoms. The number of benzene rings is 2. The van der Waals surface area contributed by atoms with Crippen molar-refractivity contribution < 1.29 is 4.39 Å². The first-order valence-corrected chi connectivity index (χ1v) is 7.09. The van der Waals surface area contributed by atoms with E-state index in [9.17, 15) is 4.39 Å². The second-order valence-electron chi connectivity index (χ2n) is 5.26. The summed E-state index contributed by atoms with van der Waals surface area (Å²) >= 11 is 0. The van der Waals surface area contributed by atoms with E-state index in [1.54, 1.807) is 6.07 Å². The zero-order chi connectivity index (χ0) is 14.7. The van der Waals surface area contributed by atoms with Crippen LogP contribution in [0.2, 0.25) is 0 Å². The van der Waals surface area contributed by atoms with Crippen molar-refractivity contribution in [3.63, 3.8) is 0 Å². The van der Waals surface area contributed by atoms with Gasteiger partial charge in [-0.3, -0.25) is 0 Å². The maximum Gasteiger partial charge on any atom is 0.192 e. The Bertz CT molecular complexity index is 639. The number of nitrogens with one attached hydrogen (secondary N) is 2. The molecule has 1 aliphatic heterocycles. The van der Waals surface area contributed by atoms with E-state index in [0.29, 0.717) is 6.54 Å². The number of hydrogen-bond donors (Lipinski definition) is 2. The number of guanidine groups is 1. The minimum absolute atomic E-state index is 0.206. The minimum atomic E-state index is -0.226. The summed E-state index contributed by atoms with van der Waals surface area (Å²) in [5, 5.41) is 6.72. The van der Waals surface area contributed by atoms with Crippen molar-refractivity contribution in [3.8, 4) is 0 Å². The molecule has 3 nitrogen and oxygen atoms in total. The van der Waals surface area contributed by atoms with Crippen LogP contribution < -0.4 is 10.6 Å². The van der Waals surface area contributed by atoms with Gasteiger partial charge in [-0.15, -0.1) is 0 Å². The molecule has 0 saturated carbocycles. The van der Waals surface area contributed by atoms with Crippen molar-refractivity contribution in [1.29, 1.82) is 0 Å². The maximum atomic E-state index is 13.1. The molecule has 2 atom stereocenters. The minimum Gasteiger partial charge on any atom is -0.352 e. The van der Waals surface area contributed by atoms with Crippen molar-refractivity contribution in [2.24, 2.45) is 4.99 Å². The van der Waals surface area contributed by atoms with Crippen LogP contribution in [-0.4, -0.2) is 12.0 Å². The summed E-state index contributed by atoms with van der Waals surface area (Å²) < 4.78 is 13.1. The lowest BCUT2D eigenvalue weighted by Gasteiger charge is -2.14. The van der Waals surface area contributed by atoms with E-state index in [1.165, 1.54) is 17.7 Å². The zero-order valence-electron chi connectivity index (χ0n) is 11.9. The summed E-state index contributed by atoms with van der Waals surface area (Å²) in [6.07, 6.45) is 0. The highest BCUT2D eigenvalue weighted by Crippen LogP contribution is 2.20. The molecule has 1 aliphatic rings. The summed E-state index contributed by atoms with van der Waals surface area (Å²) in [5.74, 6) is 0.538. The van der Waals surface area contributed by atoms with Crippen LogP contribution in [0, 0.1) is 5.82 Å². The molecular formula is C17H18FN3. The molecule has 1 saturated heterocycles. The van der Waals surface area contributed by atoms with Crippen molar-refractivity contribution in [1.82, 2.24) is 10.6 Å². The lowest BCUT2D eigenvalue weighted by molar-refractivity contribution is 0.568. The Morgan fingerprint density at radius 3 is 2.62 bits per heavy atom. The van der Waals surface area contributed by atoms with Crippen molar-refractivity contribution in [2.75, 3.05) is 0 Å². The van der Waals surface area contributed by atoms with Crippen LogP contribution in [-0.2, 0) is 6.54 Å². The van der Waals surface area contributed by atoms with E-state index in [2.05, 4.69) is 34.7 Å². The first kappa shape index (κ1) is 13.6. The molecule has 0 bridgehead atoms. The van der Waals surface area contributed by atoms with E-state index < -0.39 is 0 Å². The van der Waals surface area contributed by atoms with Crippen LogP contribution in [0.5, 0.6) is 0 Å². The van der Waals surface area contributed by atoms with E-state index >= 15 is 0 Å². The normalized spacial score (nSPS) is 22.9. The zero-order valence-corrected chi connectivity index (χ0v) is 11.9. The van der Waals surface area contributed by atoms with Gasteiger partial charge in [0.1, 0.15) is 5.82 Å². The van der Waals surface area contributed by atoms with Crippen LogP contribution in [0.4, 0.5) is 4.39 Å². The molecule has 0 spiro atoms. The Kier molecular flexibility index (Phi) is 3.86. The fourth-order valence-corrected chi connectivity index (χ4v) is 2.54. The number of aliphatic imine (C=N–C) groups is 1. The summed E-state index contributed by atoms with van der Waals surface area (Å²) in [4.78, 5) is 4.49. The molecule has 2 N–H and O–H groups in total. The SMILES string of the molecule is C[C@@H]1NC(=NCc2cccc(F)c2)N[C@@H]1c1ccccc1. The Hall–Kier alpha value is -2.36. The van der Waals surface area contributed by atoms with Gasteiger partial charge in [0, 0.05) is 0 Å². The van der Waals surface area contributed by atoms with Crippen LogP contribution in [0.25, 0.3) is 0 Å². The van der Waals surface area contributed by atoms with Gasteiger partial charge in [0.2, 0.25) is 0 Å². The standard InChI is InChI=1S/C17H18FN3/c1-12-16(14-7-3-2-4-8-14)21-17(20-12)19-11-13-6-5-9-15(18)10-13/h2-10,12,16H,11H2,1H3,(H2,19,20,21)/t12-,16-/m0/s1. The second-order valence-corrected chi connectivity index (χ2v) is 5.26. The summed E-state index contributed by atoms with van der Waals surface area (Å²) in [6.45, 7) is 2.58. The molecule has 108 valence electrons. The molecule has 1 fully saturated rings. The largest absolute Gasteiger partial charge is 0.352 e. The molecule has 2 aromatic carbocycles. The van der Waals surface area contributed by atoms with Gasteiger partial charge in [0.15, 0.2) is 5.96 Å². The molecular weight excluding hydrogens is 265 g/mol. The molecule has 2 aromatic rings. The highest BCUT2D eigenvalue weighted by molar-refractivity contribution is 5.83. The van der Waals surface area contributed by atoms with E-state index in [0.717, 1.165) is 11.5 Å². The van der Waals surface area contributed by atoms with Gasteiger partial charge >= 0.3 is 0 Å². The van der Waals surface area contributed by atoms with Crippen LogP contribution in [0.1, 0.15) is 24.1 Å². The number of rotatable bonds is 3. The summed E-state index contributed by atoms with van der Waals surface area (Å²) in [5.41, 5.74) is 2.09. The van der Waals surface area contributed by atoms with Crippen molar-refractivity contribution in [2.45, 2.75) is 25.6 Å². The molecule has 0 aromatic heterocycles. The number of nitrogens with zero attached hydrogens (tertiary/aromatic N) is 1. The first-order valence-electron chi connectivity index (χ1n) is 7.09. The van der Waals surface area contributed by atoms with Gasteiger partial charge in [-0.2, -0.15) is 0 Å². The molecule has 0 aliphatic carbocycles. The first-order chi connectivity index (χ1) is 10.2. The lowest BCUT2D eigenvalue weighted by Crippen LogP contribution is -2.26. The van der Waals surface area contributed by atoms with Crippen molar-refractivity contribution in [3.05, 3.63) is 71.5 Å². The quantitative estimate of drug-likeness (QED) is 0.908. The molecule has 0 amide bonds. The lowest BCUT2D eigenvalue weighted by atomic mass is 10.0. The monoisotopic (exact) mass is 283 g/mol. The smallest absolute Gasteiger partial charge is 0.192 e. The third-order valence-corrected chi connectivity index (χ3v) is 3.62. The van der Waals surface area contributed by atoms with Crippen LogP contribution in [0.15, 0.2) is 59.6 Å². The Labute approximate surface area is 123 Å². The average Bonchev–Trinajstić information content (AvgIpc) is 2.87.